The number of carbonyl (C=O) groups excluding carboxylic acids is 3. The van der Waals surface area contributed by atoms with Gasteiger partial charge in [-0.1, -0.05) is 13.8 Å². The third-order valence-electron chi connectivity index (χ3n) is 8.84. The Labute approximate surface area is 229 Å². The number of hydrogen-bond donors (Lipinski definition) is 5. The minimum Gasteiger partial charge on any atom is -0.507 e. The second-order valence-electron chi connectivity index (χ2n) is 11.2. The molecule has 1 aliphatic heterocycles. The largest absolute Gasteiger partial charge is 0.507 e. The standard InChI is InChI=1S/C30H30O10/c1-10-8-15(12(3)31)22(33)16(21(10)32)9-14-11(2)17-18-19(23(14)34)24(35)26(39-7)25(36)20(18)27(37)30(38)28(17)40-13(4)29(30,5)6/h8,13,32-33,35-36,38H,9H2,1-7H3. The first-order valence-electron chi connectivity index (χ1n) is 12.7. The van der Waals surface area contributed by atoms with Gasteiger partial charge in [-0.15, -0.1) is 0 Å². The first-order chi connectivity index (χ1) is 18.5. The molecule has 5 N–H and O–H groups in total. The van der Waals surface area contributed by atoms with Gasteiger partial charge in [-0.25, -0.2) is 0 Å². The van der Waals surface area contributed by atoms with Crippen molar-refractivity contribution >= 4 is 22.9 Å². The predicted molar refractivity (Wildman–Crippen MR) is 142 cm³/mol. The highest BCUT2D eigenvalue weighted by molar-refractivity contribution is 6.26. The van der Waals surface area contributed by atoms with Crippen LogP contribution in [0.15, 0.2) is 23.0 Å². The summed E-state index contributed by atoms with van der Waals surface area (Å²) in [6.45, 7) is 9.32. The van der Waals surface area contributed by atoms with Crippen molar-refractivity contribution in [2.24, 2.45) is 5.41 Å². The first kappa shape index (κ1) is 27.3. The summed E-state index contributed by atoms with van der Waals surface area (Å²) in [4.78, 5) is 40.2. The van der Waals surface area contributed by atoms with Crippen molar-refractivity contribution < 1.29 is 49.4 Å². The molecule has 0 saturated carbocycles. The van der Waals surface area contributed by atoms with Gasteiger partial charge < -0.3 is 35.0 Å². The first-order valence-corrected chi connectivity index (χ1v) is 12.7. The number of benzene rings is 2. The maximum Gasteiger partial charge on any atom is 0.207 e. The Hall–Kier alpha value is -4.31. The number of ketones is 3. The number of ether oxygens (including phenoxy) is 2. The van der Waals surface area contributed by atoms with Crippen LogP contribution in [-0.2, 0) is 11.2 Å². The van der Waals surface area contributed by atoms with E-state index in [2.05, 4.69) is 0 Å². The van der Waals surface area contributed by atoms with Gasteiger partial charge in [0.25, 0.3) is 0 Å². The Morgan fingerprint density at radius 1 is 1.00 bits per heavy atom. The fourth-order valence-corrected chi connectivity index (χ4v) is 6.03. The number of hydrogen-bond acceptors (Lipinski definition) is 10. The Balaban J connectivity index is 1.90. The zero-order valence-electron chi connectivity index (χ0n) is 23.1. The topological polar surface area (TPSA) is 171 Å². The zero-order chi connectivity index (χ0) is 29.8. The van der Waals surface area contributed by atoms with Crippen molar-refractivity contribution in [3.63, 3.8) is 0 Å². The van der Waals surface area contributed by atoms with E-state index >= 15 is 0 Å². The van der Waals surface area contributed by atoms with E-state index in [0.717, 1.165) is 7.11 Å². The average molecular weight is 551 g/mol. The molecule has 1 fully saturated rings. The summed E-state index contributed by atoms with van der Waals surface area (Å²) in [5.74, 6) is -5.05. The molecule has 2 aromatic carbocycles. The summed E-state index contributed by atoms with van der Waals surface area (Å²) in [6.07, 6.45) is -1.04. The lowest BCUT2D eigenvalue weighted by atomic mass is 9.62. The molecule has 5 rings (SSSR count). The minimum atomic E-state index is -2.24. The number of aliphatic hydroxyl groups is 1. The van der Waals surface area contributed by atoms with Crippen molar-refractivity contribution in [1.29, 1.82) is 0 Å². The number of phenols is 4. The third kappa shape index (κ3) is 3.05. The highest BCUT2D eigenvalue weighted by Gasteiger charge is 2.66. The van der Waals surface area contributed by atoms with Gasteiger partial charge >= 0.3 is 0 Å². The van der Waals surface area contributed by atoms with Crippen molar-refractivity contribution in [2.45, 2.75) is 59.7 Å². The molecule has 2 unspecified atom stereocenters. The highest BCUT2D eigenvalue weighted by atomic mass is 16.5. The molecule has 3 aliphatic rings. The van der Waals surface area contributed by atoms with Crippen molar-refractivity contribution in [3.05, 3.63) is 56.4 Å². The van der Waals surface area contributed by atoms with Crippen LogP contribution in [0.3, 0.4) is 0 Å². The van der Waals surface area contributed by atoms with Crippen molar-refractivity contribution in [1.82, 2.24) is 0 Å². The number of aryl methyl sites for hydroxylation is 1. The monoisotopic (exact) mass is 550 g/mol. The number of Topliss-reactive ketones (excluding diaryl/α,β-unsaturated/α-hetero) is 3. The molecule has 1 saturated heterocycles. The summed E-state index contributed by atoms with van der Waals surface area (Å²) in [6, 6.07) is 1.34. The second kappa shape index (κ2) is 8.34. The molecular formula is C30H30O10. The van der Waals surface area contributed by atoms with Gasteiger partial charge in [-0.2, -0.15) is 0 Å². The second-order valence-corrected chi connectivity index (χ2v) is 11.2. The lowest BCUT2D eigenvalue weighted by Crippen LogP contribution is -2.53. The highest BCUT2D eigenvalue weighted by Crippen LogP contribution is 2.61. The molecular weight excluding hydrogens is 520 g/mol. The van der Waals surface area contributed by atoms with Crippen LogP contribution in [0.2, 0.25) is 0 Å². The van der Waals surface area contributed by atoms with Gasteiger partial charge in [-0.05, 0) is 44.9 Å². The number of aromatic hydroxyl groups is 4. The molecule has 210 valence electrons. The van der Waals surface area contributed by atoms with Crippen LogP contribution in [0, 0.1) is 12.3 Å². The number of allylic oxidation sites excluding steroid dienone is 3. The van der Waals surface area contributed by atoms with Gasteiger partial charge in [0.05, 0.1) is 23.8 Å². The van der Waals surface area contributed by atoms with Gasteiger partial charge in [0.2, 0.25) is 11.5 Å². The molecule has 0 aromatic heterocycles. The molecule has 0 bridgehead atoms. The van der Waals surface area contributed by atoms with E-state index in [9.17, 15) is 39.9 Å². The summed E-state index contributed by atoms with van der Waals surface area (Å²) in [5, 5.41) is 55.9. The van der Waals surface area contributed by atoms with Gasteiger partial charge in [-0.3, -0.25) is 14.4 Å². The zero-order valence-corrected chi connectivity index (χ0v) is 23.1. The summed E-state index contributed by atoms with van der Waals surface area (Å²) in [5.41, 5.74) is -3.73. The number of phenolic OH excluding ortho intramolecular Hbond substituents is 4. The fraction of sp³-hybridized carbons (Fsp3) is 0.367. The Morgan fingerprint density at radius 2 is 1.60 bits per heavy atom. The summed E-state index contributed by atoms with van der Waals surface area (Å²) in [7, 11) is 1.14. The van der Waals surface area contributed by atoms with Crippen LogP contribution in [0.4, 0.5) is 0 Å². The summed E-state index contributed by atoms with van der Waals surface area (Å²) < 4.78 is 11.3. The number of fused-ring (bicyclic) bond motifs is 1. The van der Waals surface area contributed by atoms with Crippen LogP contribution in [0.5, 0.6) is 28.7 Å². The molecule has 0 amide bonds. The number of carbonyl (C=O) groups is 3. The van der Waals surface area contributed by atoms with E-state index in [4.69, 9.17) is 9.47 Å². The SMILES string of the molecule is COc1c(O)c2c3c(c1O)C(=O)C1(O)C(=C3C(C)=C(Cc3c(O)c(C)cc(C(C)=O)c3O)C2=O)OC(C)C1(C)C. The molecule has 2 aromatic rings. The van der Waals surface area contributed by atoms with E-state index < -0.39 is 57.5 Å². The van der Waals surface area contributed by atoms with E-state index in [1.807, 2.05) is 0 Å². The normalized spacial score (nSPS) is 22.8. The fourth-order valence-electron chi connectivity index (χ4n) is 6.03. The molecule has 0 radical (unpaired) electrons. The maximum atomic E-state index is 14.0. The molecule has 2 atom stereocenters. The molecule has 0 spiro atoms. The minimum absolute atomic E-state index is 0.00708. The lowest BCUT2D eigenvalue weighted by Gasteiger charge is -2.40. The molecule has 40 heavy (non-hydrogen) atoms. The van der Waals surface area contributed by atoms with E-state index in [1.54, 1.807) is 34.6 Å². The Kier molecular flexibility index (Phi) is 5.69. The quantitative estimate of drug-likeness (QED) is 0.352. The number of rotatable bonds is 4. The third-order valence-corrected chi connectivity index (χ3v) is 8.84. The van der Waals surface area contributed by atoms with Gasteiger partial charge in [0.15, 0.2) is 28.7 Å². The van der Waals surface area contributed by atoms with Gasteiger partial charge in [0, 0.05) is 34.1 Å². The maximum absolute atomic E-state index is 14.0. The Morgan fingerprint density at radius 3 is 2.17 bits per heavy atom. The van der Waals surface area contributed by atoms with Crippen molar-refractivity contribution in [2.75, 3.05) is 7.11 Å². The van der Waals surface area contributed by atoms with E-state index in [-0.39, 0.29) is 62.5 Å². The number of methoxy groups -OCH3 is 1. The van der Waals surface area contributed by atoms with Crippen LogP contribution in [-0.4, -0.2) is 61.7 Å². The average Bonchev–Trinajstić information content (AvgIpc) is 3.06. The predicted octanol–water partition coefficient (Wildman–Crippen LogP) is 3.87. The molecule has 2 aliphatic carbocycles. The van der Waals surface area contributed by atoms with E-state index in [0.29, 0.717) is 5.56 Å². The molecule has 10 nitrogen and oxygen atoms in total. The van der Waals surface area contributed by atoms with Crippen LogP contribution < -0.4 is 4.74 Å². The molecule has 10 heteroatoms. The van der Waals surface area contributed by atoms with Gasteiger partial charge in [0.1, 0.15) is 23.4 Å². The van der Waals surface area contributed by atoms with Crippen LogP contribution >= 0.6 is 0 Å². The van der Waals surface area contributed by atoms with Crippen LogP contribution in [0.1, 0.15) is 82.4 Å². The Bertz CT molecular complexity index is 1660. The van der Waals surface area contributed by atoms with Crippen LogP contribution in [0.25, 0.3) is 5.57 Å². The smallest absolute Gasteiger partial charge is 0.207 e. The molecule has 1 heterocycles. The lowest BCUT2D eigenvalue weighted by molar-refractivity contribution is -0.00671. The summed E-state index contributed by atoms with van der Waals surface area (Å²) >= 11 is 0. The van der Waals surface area contributed by atoms with Crippen molar-refractivity contribution in [3.8, 4) is 28.7 Å². The van der Waals surface area contributed by atoms with E-state index in [1.165, 1.54) is 13.0 Å².